The molecule has 1 N–H and O–H groups in total. The summed E-state index contributed by atoms with van der Waals surface area (Å²) in [6, 6.07) is 13.5. The molecular weight excluding hydrogens is 366 g/mol. The van der Waals surface area contributed by atoms with Crippen LogP contribution in [0.15, 0.2) is 47.8 Å². The topological polar surface area (TPSA) is 38.3 Å². The fraction of sp³-hybridized carbons (Fsp3) is 0.190. The Bertz CT molecular complexity index is 949. The predicted octanol–water partition coefficient (Wildman–Crippen LogP) is 6.16. The molecule has 0 spiro atoms. The smallest absolute Gasteiger partial charge is 0.265 e. The lowest BCUT2D eigenvalue weighted by Gasteiger charge is -2.08. The zero-order valence-corrected chi connectivity index (χ0v) is 16.5. The lowest BCUT2D eigenvalue weighted by atomic mass is 10.1. The zero-order chi connectivity index (χ0) is 18.7. The Labute approximate surface area is 162 Å². The Morgan fingerprint density at radius 2 is 1.88 bits per heavy atom. The van der Waals surface area contributed by atoms with E-state index in [1.807, 2.05) is 68.6 Å². The van der Waals surface area contributed by atoms with Crippen molar-refractivity contribution < 1.29 is 9.53 Å². The number of halogens is 1. The summed E-state index contributed by atoms with van der Waals surface area (Å²) >= 11 is 7.44. The maximum Gasteiger partial charge on any atom is 0.265 e. The highest BCUT2D eigenvalue weighted by molar-refractivity contribution is 7.12. The third kappa shape index (κ3) is 4.45. The summed E-state index contributed by atoms with van der Waals surface area (Å²) in [6.45, 7) is 6.34. The lowest BCUT2D eigenvalue weighted by Crippen LogP contribution is -2.11. The van der Waals surface area contributed by atoms with Gasteiger partial charge in [-0.25, -0.2) is 0 Å². The van der Waals surface area contributed by atoms with E-state index in [0.717, 1.165) is 38.7 Å². The summed E-state index contributed by atoms with van der Waals surface area (Å²) in [4.78, 5) is 13.2. The number of hydrogen-bond acceptors (Lipinski definition) is 3. The molecule has 3 aromatic rings. The van der Waals surface area contributed by atoms with Gasteiger partial charge < -0.3 is 10.1 Å². The van der Waals surface area contributed by atoms with Gasteiger partial charge in [0.1, 0.15) is 12.4 Å². The highest BCUT2D eigenvalue weighted by Crippen LogP contribution is 2.24. The van der Waals surface area contributed by atoms with Crippen molar-refractivity contribution in [3.05, 3.63) is 80.0 Å². The summed E-state index contributed by atoms with van der Waals surface area (Å²) in [5, 5.41) is 5.65. The van der Waals surface area contributed by atoms with Gasteiger partial charge in [0.25, 0.3) is 5.91 Å². The van der Waals surface area contributed by atoms with Crippen molar-refractivity contribution in [1.82, 2.24) is 0 Å². The highest BCUT2D eigenvalue weighted by Gasteiger charge is 2.11. The maximum atomic E-state index is 12.5. The molecule has 5 heteroatoms. The molecule has 0 radical (unpaired) electrons. The van der Waals surface area contributed by atoms with Crippen molar-refractivity contribution in [3.8, 4) is 5.75 Å². The molecule has 0 aliphatic rings. The number of ether oxygens (including phenoxy) is 1. The van der Waals surface area contributed by atoms with Gasteiger partial charge in [-0.05, 0) is 73.2 Å². The van der Waals surface area contributed by atoms with E-state index in [1.54, 1.807) is 0 Å². The van der Waals surface area contributed by atoms with E-state index >= 15 is 0 Å². The van der Waals surface area contributed by atoms with E-state index in [4.69, 9.17) is 16.3 Å². The molecule has 0 atom stereocenters. The normalized spacial score (nSPS) is 10.6. The second-order valence-electron chi connectivity index (χ2n) is 6.29. The van der Waals surface area contributed by atoms with Crippen molar-refractivity contribution >= 4 is 34.5 Å². The average Bonchev–Trinajstić information content (AvgIpc) is 3.08. The fourth-order valence-corrected chi connectivity index (χ4v) is 3.41. The van der Waals surface area contributed by atoms with Crippen molar-refractivity contribution in [2.24, 2.45) is 0 Å². The van der Waals surface area contributed by atoms with E-state index in [2.05, 4.69) is 5.32 Å². The number of carbonyl (C=O) groups is 1. The number of anilines is 1. The number of aryl methyl sites for hydroxylation is 3. The molecule has 0 aliphatic heterocycles. The maximum absolute atomic E-state index is 12.5. The Balaban J connectivity index is 1.64. The minimum Gasteiger partial charge on any atom is -0.489 e. The summed E-state index contributed by atoms with van der Waals surface area (Å²) in [5.41, 5.74) is 4.95. The molecule has 2 aromatic carbocycles. The first-order valence-corrected chi connectivity index (χ1v) is 9.53. The summed E-state index contributed by atoms with van der Waals surface area (Å²) < 4.78 is 5.79. The summed E-state index contributed by atoms with van der Waals surface area (Å²) in [6.07, 6.45) is 0. The minimum absolute atomic E-state index is 0.0997. The number of amides is 1. The van der Waals surface area contributed by atoms with Gasteiger partial charge in [-0.3, -0.25) is 4.79 Å². The Kier molecular flexibility index (Phi) is 5.64. The van der Waals surface area contributed by atoms with Gasteiger partial charge in [-0.2, -0.15) is 0 Å². The van der Waals surface area contributed by atoms with Crippen LogP contribution in [0.5, 0.6) is 5.75 Å². The van der Waals surface area contributed by atoms with Crippen LogP contribution in [-0.4, -0.2) is 5.91 Å². The molecule has 134 valence electrons. The molecule has 0 bridgehead atoms. The van der Waals surface area contributed by atoms with E-state index in [9.17, 15) is 4.79 Å². The van der Waals surface area contributed by atoms with E-state index in [1.165, 1.54) is 11.3 Å². The van der Waals surface area contributed by atoms with Crippen molar-refractivity contribution in [2.45, 2.75) is 27.4 Å². The van der Waals surface area contributed by atoms with Gasteiger partial charge >= 0.3 is 0 Å². The van der Waals surface area contributed by atoms with Crippen molar-refractivity contribution in [1.29, 1.82) is 0 Å². The van der Waals surface area contributed by atoms with Gasteiger partial charge in [0.2, 0.25) is 0 Å². The predicted molar refractivity (Wildman–Crippen MR) is 109 cm³/mol. The first-order valence-electron chi connectivity index (χ1n) is 8.27. The second-order valence-corrected chi connectivity index (χ2v) is 7.61. The molecule has 0 unspecified atom stereocenters. The number of hydrogen-bond donors (Lipinski definition) is 1. The van der Waals surface area contributed by atoms with Crippen LogP contribution in [-0.2, 0) is 6.61 Å². The van der Waals surface area contributed by atoms with Gasteiger partial charge in [-0.15, -0.1) is 11.3 Å². The van der Waals surface area contributed by atoms with Crippen LogP contribution in [0, 0.1) is 20.8 Å². The van der Waals surface area contributed by atoms with Gasteiger partial charge in [0, 0.05) is 16.3 Å². The Morgan fingerprint density at radius 1 is 1.08 bits per heavy atom. The molecule has 0 fully saturated rings. The molecule has 26 heavy (non-hydrogen) atoms. The molecule has 3 rings (SSSR count). The molecular formula is C21H20ClNO2S. The fourth-order valence-electron chi connectivity index (χ4n) is 2.50. The van der Waals surface area contributed by atoms with Crippen molar-refractivity contribution in [3.63, 3.8) is 0 Å². The Morgan fingerprint density at radius 3 is 2.65 bits per heavy atom. The zero-order valence-electron chi connectivity index (χ0n) is 14.9. The van der Waals surface area contributed by atoms with Crippen LogP contribution in [0.25, 0.3) is 0 Å². The summed E-state index contributed by atoms with van der Waals surface area (Å²) in [5.74, 6) is 0.664. The number of carbonyl (C=O) groups excluding carboxylic acids is 1. The van der Waals surface area contributed by atoms with E-state index < -0.39 is 0 Å². The molecule has 0 saturated heterocycles. The molecule has 1 amide bonds. The molecule has 0 saturated carbocycles. The highest BCUT2D eigenvalue weighted by atomic mass is 35.5. The van der Waals surface area contributed by atoms with E-state index in [-0.39, 0.29) is 5.91 Å². The standard InChI is InChI=1S/C21H20ClNO2S/c1-13-4-5-14(2)19(8-13)23-21(24)20-10-16(12-26-20)11-25-17-6-7-18(22)15(3)9-17/h4-10,12H,11H2,1-3H3,(H,23,24). The lowest BCUT2D eigenvalue weighted by molar-refractivity contribution is 0.103. The Hall–Kier alpha value is -2.30. The van der Waals surface area contributed by atoms with Crippen molar-refractivity contribution in [2.75, 3.05) is 5.32 Å². The number of benzene rings is 2. The largest absolute Gasteiger partial charge is 0.489 e. The number of nitrogens with one attached hydrogen (secondary N) is 1. The van der Waals surface area contributed by atoms with Gasteiger partial charge in [0.15, 0.2) is 0 Å². The summed E-state index contributed by atoms with van der Waals surface area (Å²) in [7, 11) is 0. The van der Waals surface area contributed by atoms with Crippen LogP contribution in [0.2, 0.25) is 5.02 Å². The third-order valence-electron chi connectivity index (χ3n) is 4.05. The first-order chi connectivity index (χ1) is 12.4. The second kappa shape index (κ2) is 7.94. The van der Waals surface area contributed by atoms with Crippen LogP contribution in [0.3, 0.4) is 0 Å². The molecule has 0 aliphatic carbocycles. The minimum atomic E-state index is -0.0997. The molecule has 1 heterocycles. The number of thiophene rings is 1. The first kappa shape index (κ1) is 18.5. The molecule has 3 nitrogen and oxygen atoms in total. The van der Waals surface area contributed by atoms with Gasteiger partial charge in [0.05, 0.1) is 4.88 Å². The quantitative estimate of drug-likeness (QED) is 0.571. The average molecular weight is 386 g/mol. The SMILES string of the molecule is Cc1ccc(C)c(NC(=O)c2cc(COc3ccc(Cl)c(C)c3)cs2)c1. The molecule has 1 aromatic heterocycles. The van der Waals surface area contributed by atoms with Gasteiger partial charge in [-0.1, -0.05) is 23.7 Å². The van der Waals surface area contributed by atoms with Crippen LogP contribution in [0.4, 0.5) is 5.69 Å². The number of rotatable bonds is 5. The third-order valence-corrected chi connectivity index (χ3v) is 5.46. The monoisotopic (exact) mass is 385 g/mol. The van der Waals surface area contributed by atoms with Crippen LogP contribution < -0.4 is 10.1 Å². The van der Waals surface area contributed by atoms with Crippen LogP contribution in [0.1, 0.15) is 31.9 Å². The van der Waals surface area contributed by atoms with E-state index in [0.29, 0.717) is 11.5 Å². The van der Waals surface area contributed by atoms with Crippen LogP contribution >= 0.6 is 22.9 Å².